The Morgan fingerprint density at radius 3 is 2.74 bits per heavy atom. The smallest absolute Gasteiger partial charge is 0.165 e. The molecule has 0 radical (unpaired) electrons. The molecule has 1 saturated carbocycles. The number of carbonyl (C=O) groups is 1. The van der Waals surface area contributed by atoms with Gasteiger partial charge in [-0.05, 0) is 49.6 Å². The third kappa shape index (κ3) is 2.53. The number of Topliss-reactive ketones (excluding diaryl/α,β-unsaturated/α-hetero) is 1. The van der Waals surface area contributed by atoms with Gasteiger partial charge in [-0.25, -0.2) is 0 Å². The highest BCUT2D eigenvalue weighted by Crippen LogP contribution is 2.27. The molecule has 1 aliphatic rings. The van der Waals surface area contributed by atoms with Gasteiger partial charge in [-0.1, -0.05) is 19.3 Å². The molecule has 0 aliphatic heterocycles. The monoisotopic (exact) mass is 253 g/mol. The topological polar surface area (TPSA) is 30.0 Å². The minimum atomic E-state index is 0.240. The first-order chi connectivity index (χ1) is 9.24. The Morgan fingerprint density at radius 1 is 1.16 bits per heavy atom. The highest BCUT2D eigenvalue weighted by atomic mass is 16.1. The highest BCUT2D eigenvalue weighted by molar-refractivity contribution is 6.00. The summed E-state index contributed by atoms with van der Waals surface area (Å²) >= 11 is 0. The van der Waals surface area contributed by atoms with Gasteiger partial charge in [0.25, 0.3) is 0 Å². The number of fused-ring (bicyclic) bond motifs is 1. The zero-order valence-corrected chi connectivity index (χ0v) is 11.4. The normalized spacial score (nSPS) is 16.7. The molecule has 3 rings (SSSR count). The number of benzene rings is 1. The first kappa shape index (κ1) is 12.3. The molecule has 1 aromatic carbocycles. The summed E-state index contributed by atoms with van der Waals surface area (Å²) in [6, 6.07) is 8.00. The molecule has 1 aromatic heterocycles. The second kappa shape index (κ2) is 5.12. The molecular formula is C17H19NO. The van der Waals surface area contributed by atoms with Crippen LogP contribution in [0.25, 0.3) is 10.9 Å². The van der Waals surface area contributed by atoms with Gasteiger partial charge in [0.15, 0.2) is 5.78 Å². The summed E-state index contributed by atoms with van der Waals surface area (Å²) < 4.78 is 0. The molecule has 2 heteroatoms. The Balaban J connectivity index is 1.93. The zero-order chi connectivity index (χ0) is 13.2. The molecule has 0 N–H and O–H groups in total. The number of rotatable bonds is 2. The van der Waals surface area contributed by atoms with Crippen molar-refractivity contribution in [2.75, 3.05) is 0 Å². The quantitative estimate of drug-likeness (QED) is 0.747. The highest BCUT2D eigenvalue weighted by Gasteiger charge is 2.22. The van der Waals surface area contributed by atoms with Gasteiger partial charge in [0.2, 0.25) is 0 Å². The first-order valence-corrected chi connectivity index (χ1v) is 7.15. The number of hydrogen-bond donors (Lipinski definition) is 0. The fraction of sp³-hybridized carbons (Fsp3) is 0.412. The number of pyridine rings is 1. The lowest BCUT2D eigenvalue weighted by Crippen LogP contribution is -2.17. The molecule has 0 saturated heterocycles. The van der Waals surface area contributed by atoms with E-state index in [1.54, 1.807) is 0 Å². The van der Waals surface area contributed by atoms with Crippen molar-refractivity contribution in [3.63, 3.8) is 0 Å². The Hall–Kier alpha value is -1.70. The van der Waals surface area contributed by atoms with Crippen LogP contribution in [0.5, 0.6) is 0 Å². The fourth-order valence-corrected chi connectivity index (χ4v) is 3.00. The predicted octanol–water partition coefficient (Wildman–Crippen LogP) is 4.31. The van der Waals surface area contributed by atoms with Gasteiger partial charge in [-0.3, -0.25) is 9.78 Å². The molecule has 0 bridgehead atoms. The standard InChI is InChI=1S/C17H19NO/c1-12-9-15-10-14(7-8-16(15)18-11-12)17(19)13-5-3-2-4-6-13/h7-11,13H,2-6H2,1H3. The zero-order valence-electron chi connectivity index (χ0n) is 11.4. The van der Waals surface area contributed by atoms with Crippen LogP contribution in [-0.2, 0) is 0 Å². The Bertz CT molecular complexity index is 612. The summed E-state index contributed by atoms with van der Waals surface area (Å²) in [4.78, 5) is 16.9. The van der Waals surface area contributed by atoms with Crippen LogP contribution >= 0.6 is 0 Å². The van der Waals surface area contributed by atoms with Crippen LogP contribution in [0.4, 0.5) is 0 Å². The molecule has 1 heterocycles. The molecule has 1 aliphatic carbocycles. The molecule has 0 atom stereocenters. The van der Waals surface area contributed by atoms with Crippen molar-refractivity contribution in [3.05, 3.63) is 41.6 Å². The second-order valence-electron chi connectivity index (χ2n) is 5.62. The Labute approximate surface area is 113 Å². The van der Waals surface area contributed by atoms with E-state index in [1.807, 2.05) is 31.3 Å². The fourth-order valence-electron chi connectivity index (χ4n) is 3.00. The van der Waals surface area contributed by atoms with E-state index in [1.165, 1.54) is 19.3 Å². The van der Waals surface area contributed by atoms with E-state index in [2.05, 4.69) is 11.1 Å². The average Bonchev–Trinajstić information content (AvgIpc) is 2.46. The van der Waals surface area contributed by atoms with Gasteiger partial charge >= 0.3 is 0 Å². The van der Waals surface area contributed by atoms with Crippen LogP contribution in [0.2, 0.25) is 0 Å². The summed E-state index contributed by atoms with van der Waals surface area (Å²) in [6.45, 7) is 2.03. The van der Waals surface area contributed by atoms with Crippen molar-refractivity contribution >= 4 is 16.7 Å². The predicted molar refractivity (Wildman–Crippen MR) is 77.4 cm³/mol. The van der Waals surface area contributed by atoms with E-state index in [-0.39, 0.29) is 5.92 Å². The molecule has 0 spiro atoms. The molecule has 19 heavy (non-hydrogen) atoms. The van der Waals surface area contributed by atoms with E-state index in [0.29, 0.717) is 5.78 Å². The van der Waals surface area contributed by atoms with Gasteiger partial charge in [0.05, 0.1) is 5.52 Å². The third-order valence-corrected chi connectivity index (χ3v) is 4.08. The van der Waals surface area contributed by atoms with Crippen LogP contribution in [0, 0.1) is 12.8 Å². The van der Waals surface area contributed by atoms with Crippen molar-refractivity contribution in [1.29, 1.82) is 0 Å². The maximum atomic E-state index is 12.5. The lowest BCUT2D eigenvalue weighted by atomic mass is 9.83. The minimum absolute atomic E-state index is 0.240. The maximum Gasteiger partial charge on any atom is 0.165 e. The van der Waals surface area contributed by atoms with E-state index in [4.69, 9.17) is 0 Å². The summed E-state index contributed by atoms with van der Waals surface area (Å²) in [5.41, 5.74) is 2.95. The van der Waals surface area contributed by atoms with E-state index < -0.39 is 0 Å². The molecule has 1 fully saturated rings. The van der Waals surface area contributed by atoms with E-state index in [0.717, 1.165) is 34.9 Å². The van der Waals surface area contributed by atoms with Crippen LogP contribution in [0.1, 0.15) is 48.0 Å². The number of carbonyl (C=O) groups excluding carboxylic acids is 1. The summed E-state index contributed by atoms with van der Waals surface area (Å²) in [7, 11) is 0. The van der Waals surface area contributed by atoms with Crippen molar-refractivity contribution in [2.24, 2.45) is 5.92 Å². The number of ketones is 1. The van der Waals surface area contributed by atoms with Crippen LogP contribution < -0.4 is 0 Å². The SMILES string of the molecule is Cc1cnc2ccc(C(=O)C3CCCCC3)cc2c1. The first-order valence-electron chi connectivity index (χ1n) is 7.15. The van der Waals surface area contributed by atoms with Crippen molar-refractivity contribution < 1.29 is 4.79 Å². The van der Waals surface area contributed by atoms with Gasteiger partial charge in [0, 0.05) is 23.1 Å². The average molecular weight is 253 g/mol. The molecule has 2 nitrogen and oxygen atoms in total. The number of hydrogen-bond acceptors (Lipinski definition) is 2. The van der Waals surface area contributed by atoms with Crippen molar-refractivity contribution in [1.82, 2.24) is 4.98 Å². The van der Waals surface area contributed by atoms with Gasteiger partial charge in [0.1, 0.15) is 0 Å². The van der Waals surface area contributed by atoms with Crippen LogP contribution in [0.15, 0.2) is 30.5 Å². The van der Waals surface area contributed by atoms with Crippen LogP contribution in [0.3, 0.4) is 0 Å². The van der Waals surface area contributed by atoms with Gasteiger partial charge < -0.3 is 0 Å². The molecule has 0 unspecified atom stereocenters. The van der Waals surface area contributed by atoms with E-state index >= 15 is 0 Å². The van der Waals surface area contributed by atoms with Crippen molar-refractivity contribution in [3.8, 4) is 0 Å². The molecular weight excluding hydrogens is 234 g/mol. The summed E-state index contributed by atoms with van der Waals surface area (Å²) in [6.07, 6.45) is 7.66. The lowest BCUT2D eigenvalue weighted by molar-refractivity contribution is 0.0889. The van der Waals surface area contributed by atoms with E-state index in [9.17, 15) is 4.79 Å². The number of nitrogens with zero attached hydrogens (tertiary/aromatic N) is 1. The molecule has 0 amide bonds. The second-order valence-corrected chi connectivity index (χ2v) is 5.62. The maximum absolute atomic E-state index is 12.5. The lowest BCUT2D eigenvalue weighted by Gasteiger charge is -2.20. The number of aromatic nitrogens is 1. The third-order valence-electron chi connectivity index (χ3n) is 4.08. The Kier molecular flexibility index (Phi) is 3.33. The number of aryl methyl sites for hydroxylation is 1. The molecule has 98 valence electrons. The summed E-state index contributed by atoms with van der Waals surface area (Å²) in [5, 5.41) is 1.07. The Morgan fingerprint density at radius 2 is 1.95 bits per heavy atom. The largest absolute Gasteiger partial charge is 0.294 e. The van der Waals surface area contributed by atoms with Crippen LogP contribution in [-0.4, -0.2) is 10.8 Å². The van der Waals surface area contributed by atoms with Crippen molar-refractivity contribution in [2.45, 2.75) is 39.0 Å². The summed E-state index contributed by atoms with van der Waals surface area (Å²) in [5.74, 6) is 0.562. The minimum Gasteiger partial charge on any atom is -0.294 e. The molecule has 2 aromatic rings. The van der Waals surface area contributed by atoms with Gasteiger partial charge in [-0.15, -0.1) is 0 Å². The van der Waals surface area contributed by atoms with Gasteiger partial charge in [-0.2, -0.15) is 0 Å².